The number of rotatable bonds is 8. The monoisotopic (exact) mass is 609 g/mol. The lowest BCUT2D eigenvalue weighted by atomic mass is 9.91. The maximum Gasteiger partial charge on any atom is 0.115 e. The first-order valence-corrected chi connectivity index (χ1v) is 16.0. The van der Waals surface area contributed by atoms with Gasteiger partial charge in [0.05, 0.1) is 40.0 Å². The number of benzene rings is 5. The van der Waals surface area contributed by atoms with E-state index in [-0.39, 0.29) is 5.41 Å². The quantitative estimate of drug-likeness (QED) is 0.154. The first kappa shape index (κ1) is 28.6. The van der Waals surface area contributed by atoms with Crippen LogP contribution in [0.5, 0.6) is 0 Å². The largest absolute Gasteiger partial charge is 0.320 e. The molecule has 0 N–H and O–H groups in total. The highest BCUT2D eigenvalue weighted by Crippen LogP contribution is 2.39. The van der Waals surface area contributed by atoms with Crippen molar-refractivity contribution in [1.29, 1.82) is 0 Å². The van der Waals surface area contributed by atoms with Gasteiger partial charge in [0.1, 0.15) is 6.67 Å². The molecule has 8 rings (SSSR count). The molecule has 1 aliphatic carbocycles. The average Bonchev–Trinajstić information content (AvgIpc) is 3.72. The van der Waals surface area contributed by atoms with Gasteiger partial charge in [-0.3, -0.25) is 15.0 Å². The Morgan fingerprint density at radius 2 is 1.23 bits per heavy atom. The van der Waals surface area contributed by atoms with Gasteiger partial charge in [0, 0.05) is 38.2 Å². The van der Waals surface area contributed by atoms with E-state index in [0.29, 0.717) is 13.2 Å². The summed E-state index contributed by atoms with van der Waals surface area (Å²) in [5.41, 5.74) is 10.8. The zero-order valence-corrected chi connectivity index (χ0v) is 26.7. The Kier molecular flexibility index (Phi) is 6.84. The van der Waals surface area contributed by atoms with Gasteiger partial charge in [-0.25, -0.2) is 0 Å². The third-order valence-corrected chi connectivity index (χ3v) is 9.46. The van der Waals surface area contributed by atoms with Crippen LogP contribution in [-0.2, 0) is 6.67 Å². The third-order valence-electron chi connectivity index (χ3n) is 9.46. The van der Waals surface area contributed by atoms with Crippen molar-refractivity contribution in [2.24, 2.45) is 20.4 Å². The molecular weight excluding hydrogens is 574 g/mol. The van der Waals surface area contributed by atoms with Gasteiger partial charge in [0.2, 0.25) is 0 Å². The minimum atomic E-state index is -0.193. The normalized spacial score (nSPS) is 14.6. The van der Waals surface area contributed by atoms with E-state index < -0.39 is 0 Å². The van der Waals surface area contributed by atoms with E-state index in [0.717, 1.165) is 33.7 Å². The van der Waals surface area contributed by atoms with Crippen LogP contribution in [0.3, 0.4) is 0 Å². The van der Waals surface area contributed by atoms with Crippen LogP contribution in [0.2, 0.25) is 0 Å². The Morgan fingerprint density at radius 3 is 1.94 bits per heavy atom. The Labute approximate surface area is 274 Å². The second-order valence-electron chi connectivity index (χ2n) is 12.7. The summed E-state index contributed by atoms with van der Waals surface area (Å²) in [6.45, 7) is 12.8. The van der Waals surface area contributed by atoms with Gasteiger partial charge in [-0.2, -0.15) is 0 Å². The second kappa shape index (κ2) is 11.2. The molecule has 1 aliphatic rings. The molecule has 0 saturated carbocycles. The Balaban J connectivity index is 1.25. The summed E-state index contributed by atoms with van der Waals surface area (Å²) < 4.78 is 4.65. The Morgan fingerprint density at radius 1 is 0.660 bits per heavy atom. The SMILES string of the molecule is C=NC/C(=N/Cn1c2ccccc2c2cc(-c3ccc4c(c3)c3ccccc3n4-c3ccccc3)ccc21)C1=C(N=C)C(C)(C)C=C1. The minimum Gasteiger partial charge on any atom is -0.320 e. The van der Waals surface area contributed by atoms with E-state index in [4.69, 9.17) is 4.99 Å². The maximum absolute atomic E-state index is 5.12. The van der Waals surface area contributed by atoms with Gasteiger partial charge < -0.3 is 9.13 Å². The van der Waals surface area contributed by atoms with Crippen molar-refractivity contribution in [3.05, 3.63) is 139 Å². The predicted octanol–water partition coefficient (Wildman–Crippen LogP) is 10.2. The number of fused-ring (bicyclic) bond motifs is 6. The van der Waals surface area contributed by atoms with Crippen molar-refractivity contribution in [3.8, 4) is 16.8 Å². The lowest BCUT2D eigenvalue weighted by Crippen LogP contribution is -2.13. The molecule has 0 unspecified atom stereocenters. The maximum atomic E-state index is 5.12. The molecule has 2 aromatic heterocycles. The predicted molar refractivity (Wildman–Crippen MR) is 201 cm³/mol. The zero-order valence-electron chi connectivity index (χ0n) is 26.7. The third kappa shape index (κ3) is 4.66. The van der Waals surface area contributed by atoms with E-state index in [1.807, 2.05) is 0 Å². The van der Waals surface area contributed by atoms with Crippen molar-refractivity contribution in [3.63, 3.8) is 0 Å². The molecule has 7 aromatic rings. The van der Waals surface area contributed by atoms with Gasteiger partial charge in [0.25, 0.3) is 0 Å². The van der Waals surface area contributed by atoms with Crippen LogP contribution < -0.4 is 0 Å². The highest BCUT2D eigenvalue weighted by atomic mass is 15.1. The Bertz CT molecular complexity index is 2470. The molecule has 5 heteroatoms. The number of hydrogen-bond donors (Lipinski definition) is 0. The molecule has 0 radical (unpaired) electrons. The second-order valence-corrected chi connectivity index (χ2v) is 12.7. The van der Waals surface area contributed by atoms with E-state index in [1.54, 1.807) is 0 Å². The molecule has 0 aliphatic heterocycles. The van der Waals surface area contributed by atoms with E-state index in [9.17, 15) is 0 Å². The molecule has 5 nitrogen and oxygen atoms in total. The van der Waals surface area contributed by atoms with Crippen LogP contribution in [0.15, 0.2) is 154 Å². The van der Waals surface area contributed by atoms with Crippen LogP contribution in [0.25, 0.3) is 60.4 Å². The highest BCUT2D eigenvalue weighted by molar-refractivity contribution is 6.12. The van der Waals surface area contributed by atoms with Gasteiger partial charge in [0.15, 0.2) is 0 Å². The van der Waals surface area contributed by atoms with Crippen molar-refractivity contribution in [1.82, 2.24) is 9.13 Å². The summed E-state index contributed by atoms with van der Waals surface area (Å²) in [4.78, 5) is 13.7. The fourth-order valence-electron chi connectivity index (χ4n) is 7.19. The highest BCUT2D eigenvalue weighted by Gasteiger charge is 2.29. The smallest absolute Gasteiger partial charge is 0.115 e. The number of hydrogen-bond acceptors (Lipinski definition) is 3. The summed E-state index contributed by atoms with van der Waals surface area (Å²) in [5.74, 6) is 0. The van der Waals surface area contributed by atoms with Crippen molar-refractivity contribution in [2.75, 3.05) is 6.54 Å². The lowest BCUT2D eigenvalue weighted by Gasteiger charge is -2.18. The molecular formula is C42H35N5. The number of aromatic nitrogens is 2. The molecule has 0 bridgehead atoms. The average molecular weight is 610 g/mol. The molecule has 47 heavy (non-hydrogen) atoms. The molecule has 228 valence electrons. The summed E-state index contributed by atoms with van der Waals surface area (Å²) in [5, 5.41) is 4.91. The topological polar surface area (TPSA) is 46.9 Å². The van der Waals surface area contributed by atoms with Gasteiger partial charge in [-0.1, -0.05) is 92.7 Å². The summed E-state index contributed by atoms with van der Waals surface area (Å²) in [7, 11) is 0. The number of aliphatic imine (C=N–C) groups is 3. The first-order chi connectivity index (χ1) is 23.0. The number of para-hydroxylation sites is 3. The van der Waals surface area contributed by atoms with Crippen molar-refractivity contribution in [2.45, 2.75) is 20.5 Å². The van der Waals surface area contributed by atoms with E-state index in [1.165, 1.54) is 43.7 Å². The van der Waals surface area contributed by atoms with Crippen molar-refractivity contribution >= 4 is 62.8 Å². The Hall–Kier alpha value is -5.81. The fraction of sp³-hybridized carbons (Fsp3) is 0.119. The first-order valence-electron chi connectivity index (χ1n) is 16.0. The molecule has 0 spiro atoms. The van der Waals surface area contributed by atoms with Gasteiger partial charge >= 0.3 is 0 Å². The molecule has 2 heterocycles. The lowest BCUT2D eigenvalue weighted by molar-refractivity contribution is 0.584. The summed E-state index contributed by atoms with van der Waals surface area (Å²) in [6, 6.07) is 41.5. The summed E-state index contributed by atoms with van der Waals surface area (Å²) in [6.07, 6.45) is 4.25. The van der Waals surface area contributed by atoms with Crippen LogP contribution >= 0.6 is 0 Å². The fourth-order valence-corrected chi connectivity index (χ4v) is 7.19. The number of nitrogens with zero attached hydrogens (tertiary/aromatic N) is 5. The van der Waals surface area contributed by atoms with Crippen molar-refractivity contribution < 1.29 is 0 Å². The summed E-state index contributed by atoms with van der Waals surface area (Å²) >= 11 is 0. The van der Waals surface area contributed by atoms with Crippen LogP contribution in [0, 0.1) is 5.41 Å². The zero-order chi connectivity index (χ0) is 32.1. The van der Waals surface area contributed by atoms with Crippen LogP contribution in [-0.4, -0.2) is 34.8 Å². The van der Waals surface area contributed by atoms with Gasteiger partial charge in [-0.15, -0.1) is 0 Å². The molecule has 5 aromatic carbocycles. The van der Waals surface area contributed by atoms with E-state index >= 15 is 0 Å². The standard InChI is InChI=1S/C42H35N5/c1-42(2)23-22-33(41(42)44-4)36(26-43-3)45-27-46-37-16-10-8-14-31(37)34-24-28(18-20-38(34)46)29-19-21-40-35(25-29)32-15-9-11-17-39(32)47(40)30-12-6-5-7-13-30/h5-25H,3-4,26-27H2,1-2H3/b45-36-. The molecule has 0 saturated heterocycles. The van der Waals surface area contributed by atoms with Gasteiger partial charge in [-0.05, 0) is 73.1 Å². The number of allylic oxidation sites excluding steroid dienone is 2. The van der Waals surface area contributed by atoms with Crippen LogP contribution in [0.1, 0.15) is 13.8 Å². The molecule has 0 fully saturated rings. The molecule has 0 atom stereocenters. The minimum absolute atomic E-state index is 0.193. The van der Waals surface area contributed by atoms with E-state index in [2.05, 4.69) is 174 Å². The molecule has 0 amide bonds. The van der Waals surface area contributed by atoms with Crippen LogP contribution in [0.4, 0.5) is 0 Å².